The number of thiol groups is 1. The normalized spacial score (nSPS) is 13.8. The van der Waals surface area contributed by atoms with Gasteiger partial charge >= 0.3 is 0 Å². The molecule has 208 valence electrons. The molecular weight excluding hydrogens is 526 g/mol. The molecular formula is C29H33N7O3S. The fraction of sp³-hybridized carbons (Fsp3) is 0.310. The Bertz CT molecular complexity index is 1600. The Kier molecular flexibility index (Phi) is 8.22. The fourth-order valence-corrected chi connectivity index (χ4v) is 4.98. The van der Waals surface area contributed by atoms with Crippen molar-refractivity contribution in [2.45, 2.75) is 13.3 Å². The Morgan fingerprint density at radius 1 is 1.07 bits per heavy atom. The molecule has 2 N–H and O–H groups in total. The van der Waals surface area contributed by atoms with Crippen LogP contribution in [0.5, 0.6) is 5.75 Å². The Balaban J connectivity index is 1.49. The number of aromatic nitrogens is 3. The molecule has 0 bridgehead atoms. The van der Waals surface area contributed by atoms with Gasteiger partial charge in [0, 0.05) is 67.7 Å². The van der Waals surface area contributed by atoms with Crippen molar-refractivity contribution in [3.63, 3.8) is 0 Å². The quantitative estimate of drug-likeness (QED) is 0.280. The third-order valence-corrected chi connectivity index (χ3v) is 7.22. The van der Waals surface area contributed by atoms with Crippen molar-refractivity contribution in [2.24, 2.45) is 0 Å². The van der Waals surface area contributed by atoms with Gasteiger partial charge in [-0.1, -0.05) is 6.07 Å². The van der Waals surface area contributed by atoms with Crippen LogP contribution in [0.25, 0.3) is 16.7 Å². The number of piperazine rings is 1. The van der Waals surface area contributed by atoms with Crippen molar-refractivity contribution in [2.75, 3.05) is 61.6 Å². The van der Waals surface area contributed by atoms with Gasteiger partial charge in [-0.05, 0) is 55.6 Å². The molecule has 0 aliphatic carbocycles. The molecule has 1 fully saturated rings. The van der Waals surface area contributed by atoms with E-state index in [2.05, 4.69) is 51.2 Å². The van der Waals surface area contributed by atoms with Gasteiger partial charge in [-0.3, -0.25) is 14.2 Å². The van der Waals surface area contributed by atoms with E-state index >= 15 is 0 Å². The van der Waals surface area contributed by atoms with E-state index in [9.17, 15) is 9.59 Å². The largest absolute Gasteiger partial charge is 0.494 e. The minimum Gasteiger partial charge on any atom is -0.494 e. The molecule has 2 aromatic carbocycles. The minimum absolute atomic E-state index is 0.144. The summed E-state index contributed by atoms with van der Waals surface area (Å²) in [6.45, 7) is 5.80. The van der Waals surface area contributed by atoms with Crippen LogP contribution in [0.15, 0.2) is 59.5 Å². The second-order valence-electron chi connectivity index (χ2n) is 9.80. The summed E-state index contributed by atoms with van der Waals surface area (Å²) in [7, 11) is 3.77. The van der Waals surface area contributed by atoms with Crippen LogP contribution in [-0.4, -0.2) is 71.4 Å². The lowest BCUT2D eigenvalue weighted by Gasteiger charge is -2.34. The van der Waals surface area contributed by atoms with Crippen LogP contribution in [0.4, 0.5) is 23.0 Å². The highest BCUT2D eigenvalue weighted by Gasteiger charge is 2.17. The molecule has 0 saturated carbocycles. The summed E-state index contributed by atoms with van der Waals surface area (Å²) >= 11 is 4.12. The van der Waals surface area contributed by atoms with Crippen LogP contribution in [0, 0.1) is 6.92 Å². The molecule has 40 heavy (non-hydrogen) atoms. The molecule has 3 heterocycles. The summed E-state index contributed by atoms with van der Waals surface area (Å²) in [6, 6.07) is 14.7. The van der Waals surface area contributed by atoms with E-state index < -0.39 is 0 Å². The zero-order valence-corrected chi connectivity index (χ0v) is 23.7. The van der Waals surface area contributed by atoms with Crippen LogP contribution in [0.1, 0.15) is 12.0 Å². The van der Waals surface area contributed by atoms with Crippen LogP contribution < -0.4 is 25.8 Å². The molecule has 1 aliphatic heterocycles. The molecule has 0 radical (unpaired) electrons. The van der Waals surface area contributed by atoms with Gasteiger partial charge in [-0.2, -0.15) is 17.6 Å². The van der Waals surface area contributed by atoms with E-state index in [0.29, 0.717) is 40.9 Å². The topological polar surface area (TPSA) is 105 Å². The fourth-order valence-electron chi connectivity index (χ4n) is 4.78. The number of carbonyl (C=O) groups excluding carboxylic acids is 1. The Hall–Kier alpha value is -4.09. The summed E-state index contributed by atoms with van der Waals surface area (Å²) in [5.41, 5.74) is 3.97. The standard InChI is InChI=1S/C29H33N7O3S/c1-19-15-27(38)36(22-6-4-5-20(16-22)31-26(37)9-14-40)28-23(19)18-30-29(33-28)32-24-8-7-21(17-25(24)39-3)35-12-10-34(2)11-13-35/h4-8,15-18,40H,9-14H2,1-3H3,(H,31,37)(H,30,32,33). The predicted octanol–water partition coefficient (Wildman–Crippen LogP) is 3.85. The number of carbonyl (C=O) groups is 1. The highest BCUT2D eigenvalue weighted by Crippen LogP contribution is 2.32. The first-order valence-corrected chi connectivity index (χ1v) is 13.8. The Morgan fingerprint density at radius 2 is 1.88 bits per heavy atom. The number of nitrogens with zero attached hydrogens (tertiary/aromatic N) is 5. The molecule has 0 atom stereocenters. The van der Waals surface area contributed by atoms with E-state index in [1.807, 2.05) is 19.1 Å². The summed E-state index contributed by atoms with van der Waals surface area (Å²) < 4.78 is 7.23. The van der Waals surface area contributed by atoms with Gasteiger partial charge in [0.1, 0.15) is 5.75 Å². The van der Waals surface area contributed by atoms with Crippen LogP contribution in [-0.2, 0) is 4.79 Å². The first kappa shape index (κ1) is 27.5. The third kappa shape index (κ3) is 5.90. The highest BCUT2D eigenvalue weighted by molar-refractivity contribution is 7.80. The van der Waals surface area contributed by atoms with E-state index in [0.717, 1.165) is 48.5 Å². The second-order valence-corrected chi connectivity index (χ2v) is 10.3. The number of amides is 1. The maximum absolute atomic E-state index is 13.2. The predicted molar refractivity (Wildman–Crippen MR) is 163 cm³/mol. The number of nitrogens with one attached hydrogen (secondary N) is 2. The number of methoxy groups -OCH3 is 1. The zero-order chi connectivity index (χ0) is 28.2. The van der Waals surface area contributed by atoms with Crippen molar-refractivity contribution >= 4 is 52.6 Å². The van der Waals surface area contributed by atoms with E-state index in [1.54, 1.807) is 43.6 Å². The van der Waals surface area contributed by atoms with Gasteiger partial charge in [0.15, 0.2) is 5.65 Å². The van der Waals surface area contributed by atoms with Gasteiger partial charge < -0.3 is 25.2 Å². The summed E-state index contributed by atoms with van der Waals surface area (Å²) in [4.78, 5) is 39.3. The summed E-state index contributed by atoms with van der Waals surface area (Å²) in [6.07, 6.45) is 2.00. The van der Waals surface area contributed by atoms with Crippen molar-refractivity contribution < 1.29 is 9.53 Å². The average molecular weight is 560 g/mol. The molecule has 5 rings (SSSR count). The molecule has 1 amide bonds. The van der Waals surface area contributed by atoms with Crippen LogP contribution >= 0.6 is 12.6 Å². The number of benzene rings is 2. The SMILES string of the molecule is COc1cc(N2CCN(C)CC2)ccc1Nc1ncc2c(C)cc(=O)n(-c3cccc(NC(=O)CCS)c3)c2n1. The first-order chi connectivity index (χ1) is 19.4. The molecule has 0 spiro atoms. The maximum Gasteiger partial charge on any atom is 0.257 e. The highest BCUT2D eigenvalue weighted by atomic mass is 32.1. The Morgan fingerprint density at radius 3 is 2.62 bits per heavy atom. The van der Waals surface area contributed by atoms with Gasteiger partial charge in [0.2, 0.25) is 11.9 Å². The molecule has 0 unspecified atom stereocenters. The number of pyridine rings is 1. The number of likely N-dealkylation sites (N-methyl/N-ethyl adjacent to an activating group) is 1. The molecule has 1 saturated heterocycles. The lowest BCUT2D eigenvalue weighted by Crippen LogP contribution is -2.44. The second kappa shape index (κ2) is 12.0. The number of hydrogen-bond donors (Lipinski definition) is 3. The molecule has 2 aromatic heterocycles. The minimum atomic E-state index is -0.234. The number of anilines is 4. The van der Waals surface area contributed by atoms with Gasteiger partial charge in [0.25, 0.3) is 5.56 Å². The summed E-state index contributed by atoms with van der Waals surface area (Å²) in [5, 5.41) is 6.86. The monoisotopic (exact) mass is 559 g/mol. The lowest BCUT2D eigenvalue weighted by molar-refractivity contribution is -0.115. The molecule has 11 heteroatoms. The van der Waals surface area contributed by atoms with Gasteiger partial charge in [-0.15, -0.1) is 0 Å². The lowest BCUT2D eigenvalue weighted by atomic mass is 10.2. The van der Waals surface area contributed by atoms with E-state index in [4.69, 9.17) is 9.72 Å². The van der Waals surface area contributed by atoms with Crippen LogP contribution in [0.3, 0.4) is 0 Å². The first-order valence-electron chi connectivity index (χ1n) is 13.2. The van der Waals surface area contributed by atoms with Crippen molar-refractivity contribution in [1.82, 2.24) is 19.4 Å². The van der Waals surface area contributed by atoms with E-state index in [-0.39, 0.29) is 11.5 Å². The molecule has 4 aromatic rings. The van der Waals surface area contributed by atoms with E-state index in [1.165, 1.54) is 4.57 Å². The zero-order valence-electron chi connectivity index (χ0n) is 22.8. The van der Waals surface area contributed by atoms with Gasteiger partial charge in [0.05, 0.1) is 18.5 Å². The van der Waals surface area contributed by atoms with Gasteiger partial charge in [-0.25, -0.2) is 4.98 Å². The molecule has 10 nitrogen and oxygen atoms in total. The number of fused-ring (bicyclic) bond motifs is 1. The number of hydrogen-bond acceptors (Lipinski definition) is 9. The van der Waals surface area contributed by atoms with Crippen molar-refractivity contribution in [1.29, 1.82) is 0 Å². The van der Waals surface area contributed by atoms with Crippen LogP contribution in [0.2, 0.25) is 0 Å². The number of rotatable bonds is 8. The molecule has 1 aliphatic rings. The third-order valence-electron chi connectivity index (χ3n) is 6.99. The van der Waals surface area contributed by atoms with Crippen molar-refractivity contribution in [3.8, 4) is 11.4 Å². The average Bonchev–Trinajstić information content (AvgIpc) is 2.94. The smallest absolute Gasteiger partial charge is 0.257 e. The van der Waals surface area contributed by atoms with Crippen molar-refractivity contribution in [3.05, 3.63) is 70.6 Å². The maximum atomic E-state index is 13.2. The number of aryl methyl sites for hydroxylation is 1. The Labute approximate surface area is 238 Å². The number of ether oxygens (including phenoxy) is 1. The summed E-state index contributed by atoms with van der Waals surface area (Å²) in [5.74, 6) is 1.31.